The van der Waals surface area contributed by atoms with Crippen molar-refractivity contribution in [3.05, 3.63) is 60.7 Å². The molecule has 0 bridgehead atoms. The summed E-state index contributed by atoms with van der Waals surface area (Å²) < 4.78 is 38.5. The minimum absolute atomic E-state index is 0.0175. The number of aromatic nitrogens is 4. The Morgan fingerprint density at radius 2 is 2.00 bits per heavy atom. The highest BCUT2D eigenvalue weighted by Crippen LogP contribution is 2.32. The highest BCUT2D eigenvalue weighted by molar-refractivity contribution is 7.90. The van der Waals surface area contributed by atoms with Crippen molar-refractivity contribution in [2.75, 3.05) is 29.6 Å². The molecule has 0 spiro atoms. The van der Waals surface area contributed by atoms with Gasteiger partial charge in [-0.15, -0.1) is 0 Å². The third kappa shape index (κ3) is 4.53. The first kappa shape index (κ1) is 21.7. The molecule has 2 heterocycles. The van der Waals surface area contributed by atoms with Crippen LogP contribution < -0.4 is 10.2 Å². The highest BCUT2D eigenvalue weighted by atomic mass is 32.2. The van der Waals surface area contributed by atoms with Crippen molar-refractivity contribution in [2.24, 2.45) is 0 Å². The average Bonchev–Trinajstić information content (AvgIpc) is 3.25. The molecule has 9 nitrogen and oxygen atoms in total. The second-order valence-corrected chi connectivity index (χ2v) is 9.14. The first-order chi connectivity index (χ1) is 15.4. The van der Waals surface area contributed by atoms with E-state index in [4.69, 9.17) is 0 Å². The molecule has 0 saturated carbocycles. The number of H-pyrrole nitrogens is 1. The molecular formula is C21H21FN6O3S. The van der Waals surface area contributed by atoms with Crippen LogP contribution in [0.15, 0.2) is 59.8 Å². The minimum atomic E-state index is -3.39. The average molecular weight is 457 g/mol. The van der Waals surface area contributed by atoms with Crippen LogP contribution in [-0.4, -0.2) is 53.1 Å². The van der Waals surface area contributed by atoms with Gasteiger partial charge in [0.2, 0.25) is 5.95 Å². The summed E-state index contributed by atoms with van der Waals surface area (Å²) in [5, 5.41) is 20.0. The maximum absolute atomic E-state index is 14.9. The number of rotatable bonds is 8. The maximum atomic E-state index is 14.9. The monoisotopic (exact) mass is 456 g/mol. The fraction of sp³-hybridized carbons (Fsp3) is 0.190. The standard InChI is InChI=1S/C21H21FN6O3S/c1-32(30,31)15-6-2-5-14(11-15)25-21-23-13-17(22)20(26-21)28(9-4-10-29)19-8-3-7-18-16(19)12-24-27-18/h2-3,5-8,11-13,29H,4,9-10H2,1H3,(H,24,27)(H,23,25,26). The van der Waals surface area contributed by atoms with Crippen molar-refractivity contribution in [2.45, 2.75) is 11.3 Å². The quantitative estimate of drug-likeness (QED) is 0.369. The SMILES string of the molecule is CS(=O)(=O)c1cccc(Nc2ncc(F)c(N(CCCO)c3cccc4[nH]ncc34)n2)c1. The predicted molar refractivity (Wildman–Crippen MR) is 120 cm³/mol. The van der Waals surface area contributed by atoms with Crippen molar-refractivity contribution in [1.29, 1.82) is 0 Å². The molecule has 4 aromatic rings. The van der Waals surface area contributed by atoms with E-state index in [0.717, 1.165) is 23.4 Å². The van der Waals surface area contributed by atoms with Gasteiger partial charge in [-0.25, -0.2) is 17.8 Å². The molecule has 0 aliphatic rings. The largest absolute Gasteiger partial charge is 0.396 e. The van der Waals surface area contributed by atoms with E-state index in [1.54, 1.807) is 23.2 Å². The van der Waals surface area contributed by atoms with Crippen LogP contribution in [0, 0.1) is 5.82 Å². The summed E-state index contributed by atoms with van der Waals surface area (Å²) in [5.74, 6) is -0.525. The summed E-state index contributed by atoms with van der Waals surface area (Å²) >= 11 is 0. The molecule has 4 rings (SSSR count). The zero-order valence-electron chi connectivity index (χ0n) is 17.2. The number of nitrogens with zero attached hydrogens (tertiary/aromatic N) is 4. The first-order valence-electron chi connectivity index (χ1n) is 9.77. The third-order valence-corrected chi connectivity index (χ3v) is 5.90. The number of anilines is 4. The fourth-order valence-corrected chi connectivity index (χ4v) is 3.97. The van der Waals surface area contributed by atoms with Crippen LogP contribution in [0.1, 0.15) is 6.42 Å². The lowest BCUT2D eigenvalue weighted by atomic mass is 10.2. The van der Waals surface area contributed by atoms with E-state index in [1.165, 1.54) is 12.1 Å². The fourth-order valence-electron chi connectivity index (χ4n) is 3.30. The van der Waals surface area contributed by atoms with Gasteiger partial charge in [0.25, 0.3) is 0 Å². The van der Waals surface area contributed by atoms with Gasteiger partial charge in [-0.1, -0.05) is 12.1 Å². The molecule has 2 aromatic heterocycles. The third-order valence-electron chi connectivity index (χ3n) is 4.79. The number of nitrogens with one attached hydrogen (secondary N) is 2. The zero-order valence-corrected chi connectivity index (χ0v) is 18.0. The van der Waals surface area contributed by atoms with Crippen LogP contribution in [0.2, 0.25) is 0 Å². The Labute approximate surface area is 183 Å². The smallest absolute Gasteiger partial charge is 0.229 e. The van der Waals surface area contributed by atoms with Crippen molar-refractivity contribution in [1.82, 2.24) is 20.2 Å². The number of benzene rings is 2. The molecule has 166 valence electrons. The molecule has 0 aliphatic heterocycles. The van der Waals surface area contributed by atoms with Crippen molar-refractivity contribution < 1.29 is 17.9 Å². The van der Waals surface area contributed by atoms with E-state index in [-0.39, 0.29) is 23.3 Å². The van der Waals surface area contributed by atoms with E-state index >= 15 is 0 Å². The summed E-state index contributed by atoms with van der Waals surface area (Å²) in [6.07, 6.45) is 4.20. The number of fused-ring (bicyclic) bond motifs is 1. The van der Waals surface area contributed by atoms with Crippen molar-refractivity contribution >= 4 is 43.9 Å². The van der Waals surface area contributed by atoms with Gasteiger partial charge in [-0.2, -0.15) is 10.1 Å². The van der Waals surface area contributed by atoms with Crippen LogP contribution in [0.4, 0.5) is 27.5 Å². The number of hydrogen-bond donors (Lipinski definition) is 3. The molecule has 0 amide bonds. The summed E-state index contributed by atoms with van der Waals surface area (Å²) in [4.78, 5) is 10.1. The molecule has 0 fully saturated rings. The molecule has 0 aliphatic carbocycles. The van der Waals surface area contributed by atoms with Gasteiger partial charge in [-0.3, -0.25) is 5.10 Å². The van der Waals surface area contributed by atoms with Gasteiger partial charge in [0.1, 0.15) is 0 Å². The lowest BCUT2D eigenvalue weighted by Gasteiger charge is -2.25. The molecule has 2 aromatic carbocycles. The van der Waals surface area contributed by atoms with E-state index in [0.29, 0.717) is 24.3 Å². The van der Waals surface area contributed by atoms with E-state index in [9.17, 15) is 17.9 Å². The minimum Gasteiger partial charge on any atom is -0.396 e. The second kappa shape index (κ2) is 8.89. The van der Waals surface area contributed by atoms with Crippen LogP contribution in [0.25, 0.3) is 10.9 Å². The number of aromatic amines is 1. The molecule has 0 radical (unpaired) electrons. The molecule has 0 unspecified atom stereocenters. The molecule has 32 heavy (non-hydrogen) atoms. The normalized spacial score (nSPS) is 11.6. The van der Waals surface area contributed by atoms with E-state index < -0.39 is 15.7 Å². The molecule has 0 atom stereocenters. The van der Waals surface area contributed by atoms with E-state index in [1.807, 2.05) is 18.2 Å². The number of sulfone groups is 1. The van der Waals surface area contributed by atoms with Crippen LogP contribution in [0.5, 0.6) is 0 Å². The van der Waals surface area contributed by atoms with Crippen LogP contribution in [-0.2, 0) is 9.84 Å². The first-order valence-corrected chi connectivity index (χ1v) is 11.7. The van der Waals surface area contributed by atoms with Gasteiger partial charge in [-0.05, 0) is 36.8 Å². The number of halogens is 1. The number of hydrogen-bond acceptors (Lipinski definition) is 8. The topological polar surface area (TPSA) is 124 Å². The Bertz CT molecular complexity index is 1360. The number of aliphatic hydroxyl groups excluding tert-OH is 1. The van der Waals surface area contributed by atoms with Gasteiger partial charge in [0, 0.05) is 30.5 Å². The summed E-state index contributed by atoms with van der Waals surface area (Å²) in [5.41, 5.74) is 1.90. The molecule has 0 saturated heterocycles. The Kier molecular flexibility index (Phi) is 6.01. The molecule has 11 heteroatoms. The molecular weight excluding hydrogens is 435 g/mol. The highest BCUT2D eigenvalue weighted by Gasteiger charge is 2.20. The van der Waals surface area contributed by atoms with Gasteiger partial charge in [0.05, 0.1) is 28.5 Å². The summed E-state index contributed by atoms with van der Waals surface area (Å²) in [6, 6.07) is 11.7. The van der Waals surface area contributed by atoms with Crippen LogP contribution in [0.3, 0.4) is 0 Å². The Morgan fingerprint density at radius 1 is 1.19 bits per heavy atom. The Morgan fingerprint density at radius 3 is 2.78 bits per heavy atom. The lowest BCUT2D eigenvalue weighted by molar-refractivity contribution is 0.290. The maximum Gasteiger partial charge on any atom is 0.229 e. The number of aliphatic hydroxyl groups is 1. The lowest BCUT2D eigenvalue weighted by Crippen LogP contribution is -2.22. The predicted octanol–water partition coefficient (Wildman–Crippen LogP) is 3.16. The Balaban J connectivity index is 1.74. The Hall–Kier alpha value is -3.57. The second-order valence-electron chi connectivity index (χ2n) is 7.13. The molecule has 3 N–H and O–H groups in total. The van der Waals surface area contributed by atoms with Gasteiger partial charge >= 0.3 is 0 Å². The van der Waals surface area contributed by atoms with E-state index in [2.05, 4.69) is 25.5 Å². The summed E-state index contributed by atoms with van der Waals surface area (Å²) in [7, 11) is -3.39. The van der Waals surface area contributed by atoms with Crippen LogP contribution >= 0.6 is 0 Å². The van der Waals surface area contributed by atoms with Crippen molar-refractivity contribution in [3.63, 3.8) is 0 Å². The van der Waals surface area contributed by atoms with Crippen molar-refractivity contribution in [3.8, 4) is 0 Å². The van der Waals surface area contributed by atoms with Gasteiger partial charge in [0.15, 0.2) is 21.5 Å². The summed E-state index contributed by atoms with van der Waals surface area (Å²) in [6.45, 7) is 0.228. The zero-order chi connectivity index (χ0) is 22.7. The van der Waals surface area contributed by atoms with Gasteiger partial charge < -0.3 is 15.3 Å².